The molecule has 2 aromatic rings. The third-order valence-corrected chi connectivity index (χ3v) is 3.54. The fraction of sp³-hybridized carbons (Fsp3) is 0.375. The van der Waals surface area contributed by atoms with Crippen LogP contribution in [0.4, 0.5) is 0 Å². The third-order valence-electron chi connectivity index (χ3n) is 3.54. The second kappa shape index (κ2) is 6.92. The first-order valence-corrected chi connectivity index (χ1v) is 7.21. The summed E-state index contributed by atoms with van der Waals surface area (Å²) < 4.78 is 0. The number of nitrogens with zero attached hydrogens (tertiary/aromatic N) is 1. The number of phenolic OH excluding ortho intramolecular Hbond substituents is 1. The topological polar surface area (TPSA) is 78.0 Å². The summed E-state index contributed by atoms with van der Waals surface area (Å²) in [6, 6.07) is 7.13. The molecule has 0 saturated heterocycles. The molecule has 0 aliphatic rings. The second-order valence-corrected chi connectivity index (χ2v) is 5.06. The maximum Gasteiger partial charge on any atom is 0.272 e. The van der Waals surface area contributed by atoms with Crippen molar-refractivity contribution in [2.24, 2.45) is 0 Å². The van der Waals surface area contributed by atoms with Crippen LogP contribution in [-0.4, -0.2) is 27.8 Å². The van der Waals surface area contributed by atoms with E-state index in [-0.39, 0.29) is 11.7 Å². The number of aryl methyl sites for hydroxylation is 2. The molecule has 0 radical (unpaired) electrons. The van der Waals surface area contributed by atoms with Crippen molar-refractivity contribution in [3.05, 3.63) is 46.8 Å². The highest BCUT2D eigenvalue weighted by molar-refractivity contribution is 5.93. The van der Waals surface area contributed by atoms with E-state index in [4.69, 9.17) is 0 Å². The van der Waals surface area contributed by atoms with E-state index >= 15 is 0 Å². The van der Waals surface area contributed by atoms with Crippen LogP contribution in [0.2, 0.25) is 0 Å². The van der Waals surface area contributed by atoms with Gasteiger partial charge in [0.05, 0.1) is 0 Å². The number of carbonyl (C=O) groups excluding carboxylic acids is 1. The van der Waals surface area contributed by atoms with E-state index < -0.39 is 0 Å². The Labute approximate surface area is 124 Å². The molecule has 1 amide bonds. The molecule has 1 heterocycles. The Hall–Kier alpha value is -2.30. The van der Waals surface area contributed by atoms with Gasteiger partial charge in [0.2, 0.25) is 0 Å². The molecule has 1 aromatic heterocycles. The highest BCUT2D eigenvalue weighted by Gasteiger charge is 2.14. The predicted molar refractivity (Wildman–Crippen MR) is 81.5 cm³/mol. The zero-order valence-corrected chi connectivity index (χ0v) is 12.4. The van der Waals surface area contributed by atoms with E-state index in [0.717, 1.165) is 36.1 Å². The predicted octanol–water partition coefficient (Wildman–Crippen LogP) is 2.35. The summed E-state index contributed by atoms with van der Waals surface area (Å²) in [4.78, 5) is 12.0. The van der Waals surface area contributed by atoms with Gasteiger partial charge in [0.1, 0.15) is 5.75 Å². The molecule has 0 aliphatic heterocycles. The first kappa shape index (κ1) is 15.1. The molecule has 1 aromatic carbocycles. The summed E-state index contributed by atoms with van der Waals surface area (Å²) in [5, 5.41) is 19.1. The van der Waals surface area contributed by atoms with Crippen LogP contribution in [0, 0.1) is 6.92 Å². The van der Waals surface area contributed by atoms with Crippen LogP contribution in [-0.2, 0) is 12.8 Å². The number of aromatic nitrogens is 2. The van der Waals surface area contributed by atoms with Crippen molar-refractivity contribution in [3.63, 3.8) is 0 Å². The van der Waals surface area contributed by atoms with E-state index in [9.17, 15) is 9.90 Å². The first-order valence-electron chi connectivity index (χ1n) is 7.21. The molecule has 0 atom stereocenters. The number of aromatic amines is 1. The molecule has 5 nitrogen and oxygen atoms in total. The first-order chi connectivity index (χ1) is 10.1. The average molecular weight is 287 g/mol. The van der Waals surface area contributed by atoms with E-state index in [0.29, 0.717) is 12.2 Å². The lowest BCUT2D eigenvalue weighted by Crippen LogP contribution is -2.25. The normalized spacial score (nSPS) is 10.6. The molecule has 0 saturated carbocycles. The van der Waals surface area contributed by atoms with Crippen molar-refractivity contribution in [2.75, 3.05) is 6.54 Å². The minimum absolute atomic E-state index is 0.130. The Bertz CT molecular complexity index is 602. The molecule has 0 fully saturated rings. The molecule has 112 valence electrons. The van der Waals surface area contributed by atoms with Gasteiger partial charge < -0.3 is 10.4 Å². The van der Waals surface area contributed by atoms with Gasteiger partial charge in [-0.1, -0.05) is 19.1 Å². The van der Waals surface area contributed by atoms with E-state index in [1.54, 1.807) is 12.1 Å². The summed E-state index contributed by atoms with van der Waals surface area (Å²) in [7, 11) is 0. The number of carbonyl (C=O) groups is 1. The second-order valence-electron chi connectivity index (χ2n) is 5.06. The zero-order chi connectivity index (χ0) is 15.2. The van der Waals surface area contributed by atoms with Gasteiger partial charge in [0, 0.05) is 17.8 Å². The zero-order valence-electron chi connectivity index (χ0n) is 12.4. The average Bonchev–Trinajstić information content (AvgIpc) is 2.86. The van der Waals surface area contributed by atoms with E-state index in [1.165, 1.54) is 0 Å². The lowest BCUT2D eigenvalue weighted by Gasteiger charge is -2.05. The van der Waals surface area contributed by atoms with Gasteiger partial charge in [0.25, 0.3) is 5.91 Å². The lowest BCUT2D eigenvalue weighted by atomic mass is 10.1. The van der Waals surface area contributed by atoms with Crippen LogP contribution in [0.15, 0.2) is 24.3 Å². The summed E-state index contributed by atoms with van der Waals surface area (Å²) >= 11 is 0. The van der Waals surface area contributed by atoms with Crippen molar-refractivity contribution >= 4 is 5.91 Å². The quantitative estimate of drug-likeness (QED) is 0.714. The summed E-state index contributed by atoms with van der Waals surface area (Å²) in [5.74, 6) is 0.141. The number of H-pyrrole nitrogens is 1. The SMILES string of the molecule is CCc1[nH]nc(C(=O)NCCCc2ccc(O)cc2)c1C. The monoisotopic (exact) mass is 287 g/mol. The maximum atomic E-state index is 12.0. The number of rotatable bonds is 6. The largest absolute Gasteiger partial charge is 0.508 e. The lowest BCUT2D eigenvalue weighted by molar-refractivity contribution is 0.0947. The van der Waals surface area contributed by atoms with E-state index in [1.807, 2.05) is 26.0 Å². The molecule has 3 N–H and O–H groups in total. The summed E-state index contributed by atoms with van der Waals surface area (Å²) in [6.45, 7) is 4.54. The van der Waals surface area contributed by atoms with Crippen molar-refractivity contribution in [3.8, 4) is 5.75 Å². The molecule has 21 heavy (non-hydrogen) atoms. The highest BCUT2D eigenvalue weighted by atomic mass is 16.3. The Morgan fingerprint density at radius 3 is 2.67 bits per heavy atom. The van der Waals surface area contributed by atoms with Crippen molar-refractivity contribution in [1.82, 2.24) is 15.5 Å². The molecule has 0 bridgehead atoms. The number of phenols is 1. The Morgan fingerprint density at radius 2 is 2.05 bits per heavy atom. The van der Waals surface area contributed by atoms with Crippen molar-refractivity contribution in [2.45, 2.75) is 33.1 Å². The van der Waals surface area contributed by atoms with Crippen molar-refractivity contribution in [1.29, 1.82) is 0 Å². The van der Waals surface area contributed by atoms with Gasteiger partial charge in [0.15, 0.2) is 5.69 Å². The molecule has 0 aliphatic carbocycles. The Kier molecular flexibility index (Phi) is 4.98. The Morgan fingerprint density at radius 1 is 1.33 bits per heavy atom. The number of hydrogen-bond donors (Lipinski definition) is 3. The number of hydrogen-bond acceptors (Lipinski definition) is 3. The summed E-state index contributed by atoms with van der Waals surface area (Å²) in [6.07, 6.45) is 2.55. The number of aromatic hydroxyl groups is 1. The highest BCUT2D eigenvalue weighted by Crippen LogP contribution is 2.12. The molecular weight excluding hydrogens is 266 g/mol. The van der Waals surface area contributed by atoms with Gasteiger partial charge in [-0.2, -0.15) is 5.10 Å². The standard InChI is InChI=1S/C16H21N3O2/c1-3-14-11(2)15(19-18-14)16(21)17-10-4-5-12-6-8-13(20)9-7-12/h6-9,20H,3-5,10H2,1-2H3,(H,17,21)(H,18,19). The van der Waals surface area contributed by atoms with Gasteiger partial charge in [-0.3, -0.25) is 9.89 Å². The molecule has 0 unspecified atom stereocenters. The summed E-state index contributed by atoms with van der Waals surface area (Å²) in [5.41, 5.74) is 3.56. The van der Waals surface area contributed by atoms with Crippen LogP contribution in [0.1, 0.15) is 40.7 Å². The van der Waals surface area contributed by atoms with Crippen LogP contribution >= 0.6 is 0 Å². The van der Waals surface area contributed by atoms with Crippen LogP contribution in [0.5, 0.6) is 5.75 Å². The molecule has 5 heteroatoms. The van der Waals surface area contributed by atoms with Crippen LogP contribution < -0.4 is 5.32 Å². The minimum Gasteiger partial charge on any atom is -0.508 e. The fourth-order valence-corrected chi connectivity index (χ4v) is 2.24. The van der Waals surface area contributed by atoms with Gasteiger partial charge >= 0.3 is 0 Å². The maximum absolute atomic E-state index is 12.0. The third kappa shape index (κ3) is 3.84. The number of nitrogens with one attached hydrogen (secondary N) is 2. The van der Waals surface area contributed by atoms with Gasteiger partial charge in [-0.25, -0.2) is 0 Å². The van der Waals surface area contributed by atoms with Gasteiger partial charge in [-0.05, 0) is 43.9 Å². The fourth-order valence-electron chi connectivity index (χ4n) is 2.24. The number of benzene rings is 1. The van der Waals surface area contributed by atoms with Crippen LogP contribution in [0.25, 0.3) is 0 Å². The molecule has 2 rings (SSSR count). The minimum atomic E-state index is -0.130. The molecular formula is C16H21N3O2. The van der Waals surface area contributed by atoms with Gasteiger partial charge in [-0.15, -0.1) is 0 Å². The van der Waals surface area contributed by atoms with Crippen molar-refractivity contribution < 1.29 is 9.90 Å². The smallest absolute Gasteiger partial charge is 0.272 e. The van der Waals surface area contributed by atoms with Crippen LogP contribution in [0.3, 0.4) is 0 Å². The Balaban J connectivity index is 1.79. The van der Waals surface area contributed by atoms with E-state index in [2.05, 4.69) is 15.5 Å². The molecule has 0 spiro atoms. The number of amides is 1.